The maximum absolute atomic E-state index is 10.8. The summed E-state index contributed by atoms with van der Waals surface area (Å²) >= 11 is 5.93. The van der Waals surface area contributed by atoms with Crippen LogP contribution in [0.15, 0.2) is 12.1 Å². The maximum atomic E-state index is 10.8. The lowest BCUT2D eigenvalue weighted by molar-refractivity contribution is -0.384. The van der Waals surface area contributed by atoms with E-state index in [0.29, 0.717) is 12.0 Å². The molecule has 0 spiro atoms. The molecule has 1 aromatic carbocycles. The number of nitro benzene ring substituents is 1. The summed E-state index contributed by atoms with van der Waals surface area (Å²) < 4.78 is 0. The van der Waals surface area contributed by atoms with Gasteiger partial charge in [0.1, 0.15) is 5.02 Å². The monoisotopic (exact) mass is 284 g/mol. The Bertz CT molecular complexity index is 461. The molecular weight excluding hydrogens is 264 g/mol. The van der Waals surface area contributed by atoms with Crippen molar-refractivity contribution in [1.29, 1.82) is 0 Å². The molecule has 1 atom stereocenters. The first-order valence-electron chi connectivity index (χ1n) is 6.52. The van der Waals surface area contributed by atoms with E-state index < -0.39 is 4.92 Å². The SMILES string of the molecule is Cc1cc([N+](=O)[O-])c(Cl)cc1NC(C)CCC(C)C. The second-order valence-corrected chi connectivity index (χ2v) is 5.80. The lowest BCUT2D eigenvalue weighted by Crippen LogP contribution is -2.16. The van der Waals surface area contributed by atoms with Gasteiger partial charge in [-0.1, -0.05) is 25.4 Å². The lowest BCUT2D eigenvalue weighted by Gasteiger charge is -2.18. The number of hydrogen-bond donors (Lipinski definition) is 1. The number of anilines is 1. The highest BCUT2D eigenvalue weighted by Crippen LogP contribution is 2.31. The molecule has 19 heavy (non-hydrogen) atoms. The third-order valence-corrected chi connectivity index (χ3v) is 3.37. The zero-order chi connectivity index (χ0) is 14.6. The van der Waals surface area contributed by atoms with Crippen molar-refractivity contribution in [3.8, 4) is 0 Å². The summed E-state index contributed by atoms with van der Waals surface area (Å²) in [5.41, 5.74) is 1.67. The van der Waals surface area contributed by atoms with Crippen LogP contribution >= 0.6 is 11.6 Å². The summed E-state index contributed by atoms with van der Waals surface area (Å²) in [6.07, 6.45) is 2.21. The van der Waals surface area contributed by atoms with Gasteiger partial charge in [0.15, 0.2) is 0 Å². The van der Waals surface area contributed by atoms with E-state index in [-0.39, 0.29) is 10.7 Å². The fraction of sp³-hybridized carbons (Fsp3) is 0.571. The predicted octanol–water partition coefficient (Wildman–Crippen LogP) is 4.79. The van der Waals surface area contributed by atoms with Crippen molar-refractivity contribution in [3.63, 3.8) is 0 Å². The molecule has 0 aromatic heterocycles. The summed E-state index contributed by atoms with van der Waals surface area (Å²) in [6, 6.07) is 3.47. The summed E-state index contributed by atoms with van der Waals surface area (Å²) in [4.78, 5) is 10.3. The van der Waals surface area contributed by atoms with Crippen LogP contribution in [0.1, 0.15) is 39.2 Å². The quantitative estimate of drug-likeness (QED) is 0.603. The van der Waals surface area contributed by atoms with Gasteiger partial charge in [0.25, 0.3) is 5.69 Å². The fourth-order valence-corrected chi connectivity index (χ4v) is 2.12. The van der Waals surface area contributed by atoms with E-state index in [1.165, 1.54) is 6.07 Å². The molecule has 1 rings (SSSR count). The van der Waals surface area contributed by atoms with Crippen molar-refractivity contribution in [2.45, 2.75) is 46.6 Å². The zero-order valence-corrected chi connectivity index (χ0v) is 12.6. The van der Waals surface area contributed by atoms with Gasteiger partial charge in [-0.25, -0.2) is 0 Å². The number of rotatable bonds is 6. The van der Waals surface area contributed by atoms with Crippen LogP contribution in [0.25, 0.3) is 0 Å². The average Bonchev–Trinajstić information content (AvgIpc) is 2.30. The number of hydrogen-bond acceptors (Lipinski definition) is 3. The van der Waals surface area contributed by atoms with Gasteiger partial charge in [0, 0.05) is 17.8 Å². The first-order chi connectivity index (χ1) is 8.81. The Balaban J connectivity index is 2.79. The van der Waals surface area contributed by atoms with Gasteiger partial charge in [0.2, 0.25) is 0 Å². The highest BCUT2D eigenvalue weighted by molar-refractivity contribution is 6.33. The van der Waals surface area contributed by atoms with Crippen LogP contribution in [0.5, 0.6) is 0 Å². The Hall–Kier alpha value is -1.29. The molecular formula is C14H21ClN2O2. The van der Waals surface area contributed by atoms with E-state index in [2.05, 4.69) is 26.1 Å². The molecule has 0 aliphatic rings. The second kappa shape index (κ2) is 6.75. The molecule has 1 N–H and O–H groups in total. The molecule has 0 bridgehead atoms. The van der Waals surface area contributed by atoms with Crippen LogP contribution in [-0.4, -0.2) is 11.0 Å². The van der Waals surface area contributed by atoms with E-state index in [1.54, 1.807) is 6.07 Å². The van der Waals surface area contributed by atoms with E-state index in [4.69, 9.17) is 11.6 Å². The van der Waals surface area contributed by atoms with E-state index in [9.17, 15) is 10.1 Å². The molecule has 4 nitrogen and oxygen atoms in total. The van der Waals surface area contributed by atoms with Crippen LogP contribution < -0.4 is 5.32 Å². The third kappa shape index (κ3) is 4.71. The predicted molar refractivity (Wildman–Crippen MR) is 80.0 cm³/mol. The summed E-state index contributed by atoms with van der Waals surface area (Å²) in [7, 11) is 0. The lowest BCUT2D eigenvalue weighted by atomic mass is 10.0. The first-order valence-corrected chi connectivity index (χ1v) is 6.90. The number of halogens is 1. The molecule has 1 unspecified atom stereocenters. The Morgan fingerprint density at radius 1 is 1.32 bits per heavy atom. The molecule has 0 saturated carbocycles. The fourth-order valence-electron chi connectivity index (χ4n) is 1.88. The smallest absolute Gasteiger partial charge is 0.288 e. The van der Waals surface area contributed by atoms with Crippen molar-refractivity contribution in [2.75, 3.05) is 5.32 Å². The van der Waals surface area contributed by atoms with Crippen molar-refractivity contribution >= 4 is 23.0 Å². The third-order valence-electron chi connectivity index (χ3n) is 3.07. The molecule has 0 aliphatic heterocycles. The highest BCUT2D eigenvalue weighted by Gasteiger charge is 2.15. The number of nitrogens with zero attached hydrogens (tertiary/aromatic N) is 1. The van der Waals surface area contributed by atoms with Gasteiger partial charge in [0.05, 0.1) is 4.92 Å². The van der Waals surface area contributed by atoms with E-state index in [0.717, 1.165) is 24.1 Å². The van der Waals surface area contributed by atoms with Gasteiger partial charge in [-0.05, 0) is 44.2 Å². The Morgan fingerprint density at radius 2 is 1.95 bits per heavy atom. The first kappa shape index (κ1) is 15.8. The zero-order valence-electron chi connectivity index (χ0n) is 11.9. The largest absolute Gasteiger partial charge is 0.382 e. The van der Waals surface area contributed by atoms with Gasteiger partial charge in [-0.15, -0.1) is 0 Å². The van der Waals surface area contributed by atoms with E-state index in [1.807, 2.05) is 6.92 Å². The molecule has 106 valence electrons. The van der Waals surface area contributed by atoms with Gasteiger partial charge < -0.3 is 5.32 Å². The summed E-state index contributed by atoms with van der Waals surface area (Å²) in [5, 5.41) is 14.3. The standard InChI is InChI=1S/C14H21ClN2O2/c1-9(2)5-6-11(4)16-13-8-12(15)14(17(18)19)7-10(13)3/h7-9,11,16H,5-6H2,1-4H3. The minimum Gasteiger partial charge on any atom is -0.382 e. The normalized spacial score (nSPS) is 12.5. The Kier molecular flexibility index (Phi) is 5.60. The molecule has 0 aliphatic carbocycles. The maximum Gasteiger partial charge on any atom is 0.288 e. The van der Waals surface area contributed by atoms with Crippen LogP contribution in [0.4, 0.5) is 11.4 Å². The molecule has 1 aromatic rings. The number of aryl methyl sites for hydroxylation is 1. The van der Waals surface area contributed by atoms with Crippen molar-refractivity contribution < 1.29 is 4.92 Å². The summed E-state index contributed by atoms with van der Waals surface area (Å²) in [6.45, 7) is 8.35. The van der Waals surface area contributed by atoms with Crippen LogP contribution in [0.2, 0.25) is 5.02 Å². The van der Waals surface area contributed by atoms with Gasteiger partial charge in [-0.2, -0.15) is 0 Å². The molecule has 5 heteroatoms. The van der Waals surface area contributed by atoms with E-state index >= 15 is 0 Å². The van der Waals surface area contributed by atoms with Gasteiger partial charge >= 0.3 is 0 Å². The topological polar surface area (TPSA) is 55.2 Å². The molecule has 0 fully saturated rings. The number of nitrogens with one attached hydrogen (secondary N) is 1. The Labute approximate surface area is 119 Å². The summed E-state index contributed by atoms with van der Waals surface area (Å²) in [5.74, 6) is 0.672. The molecule has 0 heterocycles. The van der Waals surface area contributed by atoms with Crippen molar-refractivity contribution in [1.82, 2.24) is 0 Å². The van der Waals surface area contributed by atoms with Gasteiger partial charge in [-0.3, -0.25) is 10.1 Å². The molecule has 0 radical (unpaired) electrons. The van der Waals surface area contributed by atoms with Crippen LogP contribution in [0.3, 0.4) is 0 Å². The van der Waals surface area contributed by atoms with Crippen molar-refractivity contribution in [3.05, 3.63) is 32.8 Å². The second-order valence-electron chi connectivity index (χ2n) is 5.39. The average molecular weight is 285 g/mol. The number of benzene rings is 1. The molecule has 0 saturated heterocycles. The van der Waals surface area contributed by atoms with Crippen LogP contribution in [-0.2, 0) is 0 Å². The van der Waals surface area contributed by atoms with Crippen molar-refractivity contribution in [2.24, 2.45) is 5.92 Å². The molecule has 0 amide bonds. The minimum atomic E-state index is -0.457. The van der Waals surface area contributed by atoms with Crippen LogP contribution in [0, 0.1) is 23.0 Å². The minimum absolute atomic E-state index is 0.0421. The number of nitro groups is 1. The Morgan fingerprint density at radius 3 is 2.47 bits per heavy atom. The highest BCUT2D eigenvalue weighted by atomic mass is 35.5.